The fourth-order valence-electron chi connectivity index (χ4n) is 3.92. The van der Waals surface area contributed by atoms with Gasteiger partial charge in [0.1, 0.15) is 11.8 Å². The number of nitrogens with zero attached hydrogens (tertiary/aromatic N) is 2. The first-order chi connectivity index (χ1) is 17.0. The number of halogens is 3. The van der Waals surface area contributed by atoms with E-state index >= 15 is 0 Å². The highest BCUT2D eigenvalue weighted by atomic mass is 19.4. The number of fused-ring (bicyclic) bond motifs is 1. The third-order valence-electron chi connectivity index (χ3n) is 5.73. The van der Waals surface area contributed by atoms with Gasteiger partial charge in [-0.3, -0.25) is 34.2 Å². The predicted octanol–water partition coefficient (Wildman–Crippen LogP) is 2.12. The summed E-state index contributed by atoms with van der Waals surface area (Å²) in [4.78, 5) is 62.5. The van der Waals surface area contributed by atoms with Gasteiger partial charge in [0, 0.05) is 18.5 Å². The lowest BCUT2D eigenvalue weighted by molar-refractivity contribution is -0.138. The van der Waals surface area contributed by atoms with Crippen molar-refractivity contribution in [2.45, 2.75) is 31.5 Å². The molecule has 0 bridgehead atoms. The maximum Gasteiger partial charge on any atom is 0.416 e. The third-order valence-corrected chi connectivity index (χ3v) is 5.73. The molecule has 0 spiro atoms. The van der Waals surface area contributed by atoms with Crippen LogP contribution >= 0.6 is 0 Å². The number of oxime groups is 1. The SMILES string of the molecule is O=C1CCC(N2C(=O)c3ccc(NC(=O)/C(Cc4ccc(C(F)(F)F)cc4)=N/O)cc3C2=O)C(=O)N1. The summed E-state index contributed by atoms with van der Waals surface area (Å²) in [6.45, 7) is 0. The highest BCUT2D eigenvalue weighted by Crippen LogP contribution is 2.30. The Labute approximate surface area is 200 Å². The quantitative estimate of drug-likeness (QED) is 0.247. The van der Waals surface area contributed by atoms with E-state index in [1.165, 1.54) is 18.2 Å². The zero-order valence-corrected chi connectivity index (χ0v) is 18.3. The van der Waals surface area contributed by atoms with Gasteiger partial charge < -0.3 is 10.5 Å². The van der Waals surface area contributed by atoms with Crippen LogP contribution in [0.5, 0.6) is 0 Å². The highest BCUT2D eigenvalue weighted by Gasteiger charge is 2.44. The predicted molar refractivity (Wildman–Crippen MR) is 116 cm³/mol. The Balaban J connectivity index is 1.48. The van der Waals surface area contributed by atoms with E-state index < -0.39 is 53.0 Å². The fraction of sp³-hybridized carbons (Fsp3) is 0.217. The number of carbonyl (C=O) groups is 5. The van der Waals surface area contributed by atoms with E-state index in [4.69, 9.17) is 0 Å². The number of benzene rings is 2. The van der Waals surface area contributed by atoms with Gasteiger partial charge >= 0.3 is 6.18 Å². The summed E-state index contributed by atoms with van der Waals surface area (Å²) in [5.74, 6) is -3.66. The molecule has 1 fully saturated rings. The standard InChI is InChI=1S/C23H17F3N4O6/c24-23(25,26)12-3-1-11(2-4-12)9-16(29-36)19(32)27-13-5-6-14-15(10-13)22(35)30(21(14)34)17-7-8-18(31)28-20(17)33/h1-6,10,17,36H,7-9H2,(H,27,32)(H,28,31,33)/b29-16+. The molecule has 4 rings (SSSR count). The van der Waals surface area contributed by atoms with Gasteiger partial charge in [-0.1, -0.05) is 17.3 Å². The minimum absolute atomic E-state index is 0.00324. The average molecular weight is 502 g/mol. The molecule has 2 aromatic rings. The van der Waals surface area contributed by atoms with E-state index in [0.29, 0.717) is 0 Å². The van der Waals surface area contributed by atoms with Crippen molar-refractivity contribution in [3.8, 4) is 0 Å². The van der Waals surface area contributed by atoms with E-state index in [1.807, 2.05) is 0 Å². The van der Waals surface area contributed by atoms with Gasteiger partial charge in [-0.2, -0.15) is 13.2 Å². The van der Waals surface area contributed by atoms with Gasteiger partial charge in [-0.15, -0.1) is 0 Å². The van der Waals surface area contributed by atoms with Crippen molar-refractivity contribution in [3.63, 3.8) is 0 Å². The molecule has 2 aliphatic rings. The number of piperidine rings is 1. The van der Waals surface area contributed by atoms with Crippen LogP contribution < -0.4 is 10.6 Å². The molecule has 2 heterocycles. The number of rotatable bonds is 5. The number of imide groups is 2. The molecule has 36 heavy (non-hydrogen) atoms. The number of alkyl halides is 3. The maximum absolute atomic E-state index is 12.9. The molecule has 3 N–H and O–H groups in total. The van der Waals surface area contributed by atoms with Crippen molar-refractivity contribution in [1.29, 1.82) is 0 Å². The second kappa shape index (κ2) is 9.24. The molecule has 2 aliphatic heterocycles. The van der Waals surface area contributed by atoms with Gasteiger partial charge in [0.15, 0.2) is 0 Å². The summed E-state index contributed by atoms with van der Waals surface area (Å²) < 4.78 is 38.2. The van der Waals surface area contributed by atoms with Crippen LogP contribution in [-0.2, 0) is 27.0 Å². The van der Waals surface area contributed by atoms with E-state index in [-0.39, 0.29) is 41.6 Å². The summed E-state index contributed by atoms with van der Waals surface area (Å²) in [7, 11) is 0. The zero-order valence-electron chi connectivity index (χ0n) is 18.3. The highest BCUT2D eigenvalue weighted by molar-refractivity contribution is 6.43. The number of amides is 5. The molecule has 0 aromatic heterocycles. The molecule has 10 nitrogen and oxygen atoms in total. The number of hydrogen-bond acceptors (Lipinski definition) is 7. The van der Waals surface area contributed by atoms with E-state index in [2.05, 4.69) is 15.8 Å². The Kier molecular flexibility index (Phi) is 6.31. The fourth-order valence-corrected chi connectivity index (χ4v) is 3.92. The first-order valence-corrected chi connectivity index (χ1v) is 10.5. The van der Waals surface area contributed by atoms with Crippen LogP contribution in [0.3, 0.4) is 0 Å². The average Bonchev–Trinajstić information content (AvgIpc) is 3.06. The van der Waals surface area contributed by atoms with Crippen molar-refractivity contribution in [2.75, 3.05) is 5.32 Å². The lowest BCUT2D eigenvalue weighted by Crippen LogP contribution is -2.54. The van der Waals surface area contributed by atoms with Crippen LogP contribution in [0.25, 0.3) is 0 Å². The third kappa shape index (κ3) is 4.67. The van der Waals surface area contributed by atoms with Crippen LogP contribution in [0.15, 0.2) is 47.6 Å². The lowest BCUT2D eigenvalue weighted by Gasteiger charge is -2.27. The van der Waals surface area contributed by atoms with Gasteiger partial charge in [0.2, 0.25) is 11.8 Å². The molecule has 0 aliphatic carbocycles. The molecule has 2 aromatic carbocycles. The van der Waals surface area contributed by atoms with Gasteiger partial charge in [-0.25, -0.2) is 0 Å². The first kappa shape index (κ1) is 24.6. The molecule has 0 saturated carbocycles. The summed E-state index contributed by atoms with van der Waals surface area (Å²) in [5.41, 5.74) is -1.01. The smallest absolute Gasteiger partial charge is 0.410 e. The summed E-state index contributed by atoms with van der Waals surface area (Å²) >= 11 is 0. The Morgan fingerprint density at radius 2 is 1.72 bits per heavy atom. The van der Waals surface area contributed by atoms with Gasteiger partial charge in [-0.05, 0) is 42.3 Å². The molecule has 1 atom stereocenters. The van der Waals surface area contributed by atoms with E-state index in [0.717, 1.165) is 29.2 Å². The first-order valence-electron chi connectivity index (χ1n) is 10.5. The monoisotopic (exact) mass is 502 g/mol. The Hall–Kier alpha value is -4.55. The second-order valence-corrected chi connectivity index (χ2v) is 8.08. The number of hydrogen-bond donors (Lipinski definition) is 3. The lowest BCUT2D eigenvalue weighted by atomic mass is 10.0. The molecule has 0 radical (unpaired) electrons. The zero-order chi connectivity index (χ0) is 26.2. The number of nitrogens with one attached hydrogen (secondary N) is 2. The minimum atomic E-state index is -4.52. The van der Waals surface area contributed by atoms with Gasteiger partial charge in [0.25, 0.3) is 17.7 Å². The largest absolute Gasteiger partial charge is 0.416 e. The van der Waals surface area contributed by atoms with Crippen molar-refractivity contribution in [3.05, 3.63) is 64.7 Å². The van der Waals surface area contributed by atoms with Crippen LogP contribution in [0.4, 0.5) is 18.9 Å². The normalized spacial score (nSPS) is 18.2. The molecule has 1 unspecified atom stereocenters. The van der Waals surface area contributed by atoms with Crippen molar-refractivity contribution in [1.82, 2.24) is 10.2 Å². The van der Waals surface area contributed by atoms with E-state index in [9.17, 15) is 42.4 Å². The summed E-state index contributed by atoms with van der Waals surface area (Å²) in [5, 5.41) is 16.7. The number of carbonyl (C=O) groups excluding carboxylic acids is 5. The van der Waals surface area contributed by atoms with Gasteiger partial charge in [0.05, 0.1) is 16.7 Å². The van der Waals surface area contributed by atoms with Crippen molar-refractivity contribution < 1.29 is 42.4 Å². The molecular weight excluding hydrogens is 485 g/mol. The molecule has 186 valence electrons. The topological polar surface area (TPSA) is 145 Å². The Morgan fingerprint density at radius 1 is 1.06 bits per heavy atom. The van der Waals surface area contributed by atoms with Crippen molar-refractivity contribution >= 4 is 40.9 Å². The van der Waals surface area contributed by atoms with Crippen LogP contribution in [0, 0.1) is 0 Å². The maximum atomic E-state index is 12.9. The summed E-state index contributed by atoms with van der Waals surface area (Å²) in [6.07, 6.45) is -4.86. The summed E-state index contributed by atoms with van der Waals surface area (Å²) in [6, 6.07) is 6.62. The molecule has 13 heteroatoms. The van der Waals surface area contributed by atoms with Crippen molar-refractivity contribution in [2.24, 2.45) is 5.16 Å². The second-order valence-electron chi connectivity index (χ2n) is 8.08. The minimum Gasteiger partial charge on any atom is -0.410 e. The van der Waals surface area contributed by atoms with Crippen LogP contribution in [0.2, 0.25) is 0 Å². The number of anilines is 1. The Morgan fingerprint density at radius 3 is 2.33 bits per heavy atom. The van der Waals surface area contributed by atoms with Crippen LogP contribution in [-0.4, -0.2) is 51.4 Å². The van der Waals surface area contributed by atoms with Crippen LogP contribution in [0.1, 0.15) is 44.7 Å². The van der Waals surface area contributed by atoms with E-state index in [1.54, 1.807) is 0 Å². The molecule has 5 amide bonds. The molecular formula is C23H17F3N4O6. The Bertz CT molecular complexity index is 1320. The molecule has 1 saturated heterocycles.